The smallest absolute Gasteiger partial charge is 0.335 e. The Hall–Kier alpha value is -3.90. The molecule has 0 aromatic heterocycles. The summed E-state index contributed by atoms with van der Waals surface area (Å²) in [6, 6.07) is 22.1. The van der Waals surface area contributed by atoms with E-state index in [2.05, 4.69) is 5.32 Å². The number of amides is 4. The van der Waals surface area contributed by atoms with Gasteiger partial charge in [-0.25, -0.2) is 9.69 Å². The number of hydrogen-bond acceptors (Lipinski definition) is 4. The van der Waals surface area contributed by atoms with E-state index < -0.39 is 17.8 Å². The van der Waals surface area contributed by atoms with Gasteiger partial charge in [-0.1, -0.05) is 54.1 Å². The number of nitrogens with one attached hydrogen (secondary N) is 1. The second-order valence-corrected chi connectivity index (χ2v) is 7.21. The van der Waals surface area contributed by atoms with Gasteiger partial charge in [-0.15, -0.1) is 0 Å². The number of nitrogens with zero attached hydrogens (tertiary/aromatic N) is 1. The zero-order valence-electron chi connectivity index (χ0n) is 16.2. The van der Waals surface area contributed by atoms with Crippen molar-refractivity contribution in [2.24, 2.45) is 0 Å². The minimum absolute atomic E-state index is 0.146. The Morgan fingerprint density at radius 1 is 0.871 bits per heavy atom. The molecule has 0 atom stereocenters. The molecule has 0 saturated carbocycles. The minimum Gasteiger partial charge on any atom is -0.489 e. The van der Waals surface area contributed by atoms with Crippen LogP contribution in [0.4, 0.5) is 10.5 Å². The number of benzene rings is 3. The van der Waals surface area contributed by atoms with Crippen LogP contribution in [0.25, 0.3) is 6.08 Å². The standard InChI is InChI=1S/C24H17ClN2O4/c25-18-8-10-19(11-9-18)27-23(29)21(22(28)26-24(27)30)14-16-6-12-20(13-7-16)31-15-17-4-2-1-3-5-17/h1-14H,15H2,(H,26,28,30)/b21-14+. The summed E-state index contributed by atoms with van der Waals surface area (Å²) in [6.07, 6.45) is 1.44. The molecule has 1 heterocycles. The lowest BCUT2D eigenvalue weighted by Gasteiger charge is -2.26. The van der Waals surface area contributed by atoms with Gasteiger partial charge >= 0.3 is 6.03 Å². The van der Waals surface area contributed by atoms with Gasteiger partial charge < -0.3 is 4.74 Å². The Morgan fingerprint density at radius 2 is 1.55 bits per heavy atom. The van der Waals surface area contributed by atoms with Crippen molar-refractivity contribution in [3.8, 4) is 5.75 Å². The Balaban J connectivity index is 1.52. The molecule has 0 unspecified atom stereocenters. The molecule has 1 N–H and O–H groups in total. The highest BCUT2D eigenvalue weighted by molar-refractivity contribution is 6.39. The lowest BCUT2D eigenvalue weighted by molar-refractivity contribution is -0.122. The van der Waals surface area contributed by atoms with E-state index in [1.165, 1.54) is 18.2 Å². The van der Waals surface area contributed by atoms with Crippen molar-refractivity contribution < 1.29 is 19.1 Å². The first kappa shape index (κ1) is 20.4. The number of anilines is 1. The summed E-state index contributed by atoms with van der Waals surface area (Å²) >= 11 is 5.87. The van der Waals surface area contributed by atoms with Crippen LogP contribution in [-0.4, -0.2) is 17.8 Å². The van der Waals surface area contributed by atoms with Crippen LogP contribution in [-0.2, 0) is 16.2 Å². The highest BCUT2D eigenvalue weighted by Gasteiger charge is 2.36. The average molecular weight is 433 g/mol. The van der Waals surface area contributed by atoms with Crippen LogP contribution in [0, 0.1) is 0 Å². The quantitative estimate of drug-likeness (QED) is 0.472. The average Bonchev–Trinajstić information content (AvgIpc) is 2.78. The molecule has 1 saturated heterocycles. The molecule has 0 spiro atoms. The van der Waals surface area contributed by atoms with Crippen molar-refractivity contribution in [2.45, 2.75) is 6.61 Å². The number of barbiturate groups is 1. The van der Waals surface area contributed by atoms with Gasteiger partial charge in [-0.3, -0.25) is 14.9 Å². The molecule has 31 heavy (non-hydrogen) atoms. The zero-order chi connectivity index (χ0) is 21.8. The molecule has 0 radical (unpaired) electrons. The fourth-order valence-corrected chi connectivity index (χ4v) is 3.18. The second kappa shape index (κ2) is 8.85. The fraction of sp³-hybridized carbons (Fsp3) is 0.0417. The van der Waals surface area contributed by atoms with Gasteiger partial charge in [-0.05, 0) is 53.6 Å². The van der Waals surface area contributed by atoms with Crippen molar-refractivity contribution in [1.82, 2.24) is 5.32 Å². The van der Waals surface area contributed by atoms with Gasteiger partial charge in [0.2, 0.25) is 0 Å². The highest BCUT2D eigenvalue weighted by Crippen LogP contribution is 2.24. The van der Waals surface area contributed by atoms with Gasteiger partial charge in [0.1, 0.15) is 17.9 Å². The van der Waals surface area contributed by atoms with E-state index in [-0.39, 0.29) is 5.57 Å². The number of carbonyl (C=O) groups is 3. The van der Waals surface area contributed by atoms with Crippen molar-refractivity contribution in [1.29, 1.82) is 0 Å². The third-order valence-corrected chi connectivity index (χ3v) is 4.88. The highest BCUT2D eigenvalue weighted by atomic mass is 35.5. The second-order valence-electron chi connectivity index (χ2n) is 6.78. The third kappa shape index (κ3) is 4.65. The lowest BCUT2D eigenvalue weighted by atomic mass is 10.1. The molecular weight excluding hydrogens is 416 g/mol. The van der Waals surface area contributed by atoms with Gasteiger partial charge in [0.05, 0.1) is 5.69 Å². The summed E-state index contributed by atoms with van der Waals surface area (Å²) in [5.41, 5.74) is 1.84. The number of hydrogen-bond donors (Lipinski definition) is 1. The largest absolute Gasteiger partial charge is 0.489 e. The molecule has 0 bridgehead atoms. The third-order valence-electron chi connectivity index (χ3n) is 4.63. The molecule has 1 fully saturated rings. The van der Waals surface area contributed by atoms with E-state index in [1.54, 1.807) is 36.4 Å². The molecule has 6 nitrogen and oxygen atoms in total. The predicted molar refractivity (Wildman–Crippen MR) is 118 cm³/mol. The summed E-state index contributed by atoms with van der Waals surface area (Å²) in [5, 5.41) is 2.66. The van der Waals surface area contributed by atoms with Crippen molar-refractivity contribution >= 4 is 41.2 Å². The summed E-state index contributed by atoms with van der Waals surface area (Å²) in [7, 11) is 0. The maximum Gasteiger partial charge on any atom is 0.335 e. The SMILES string of the molecule is O=C1NC(=O)N(c2ccc(Cl)cc2)C(=O)/C1=C/c1ccc(OCc2ccccc2)cc1. The van der Waals surface area contributed by atoms with Crippen molar-refractivity contribution in [2.75, 3.05) is 4.90 Å². The molecule has 1 aliphatic rings. The first-order valence-corrected chi connectivity index (χ1v) is 9.83. The molecular formula is C24H17ClN2O4. The first-order chi connectivity index (χ1) is 15.0. The number of halogens is 1. The van der Waals surface area contributed by atoms with Crippen LogP contribution >= 0.6 is 11.6 Å². The number of imide groups is 2. The Bertz CT molecular complexity index is 1160. The van der Waals surface area contributed by atoms with Gasteiger partial charge in [0.15, 0.2) is 0 Å². The summed E-state index contributed by atoms with van der Waals surface area (Å²) in [5.74, 6) is -0.798. The molecule has 7 heteroatoms. The number of urea groups is 1. The molecule has 4 amide bonds. The summed E-state index contributed by atoms with van der Waals surface area (Å²) in [6.45, 7) is 0.431. The Labute approximate surface area is 183 Å². The van der Waals surface area contributed by atoms with Crippen molar-refractivity contribution in [3.05, 3.63) is 101 Å². The van der Waals surface area contributed by atoms with E-state index in [0.717, 1.165) is 10.5 Å². The van der Waals surface area contributed by atoms with Gasteiger partial charge in [0.25, 0.3) is 11.8 Å². The van der Waals surface area contributed by atoms with Crippen LogP contribution in [0.15, 0.2) is 84.4 Å². The Morgan fingerprint density at radius 3 is 2.23 bits per heavy atom. The predicted octanol–water partition coefficient (Wildman–Crippen LogP) is 4.59. The van der Waals surface area contributed by atoms with Crippen LogP contribution < -0.4 is 15.0 Å². The van der Waals surface area contributed by atoms with Gasteiger partial charge in [-0.2, -0.15) is 0 Å². The first-order valence-electron chi connectivity index (χ1n) is 9.45. The zero-order valence-corrected chi connectivity index (χ0v) is 17.0. The normalized spacial score (nSPS) is 15.2. The number of rotatable bonds is 5. The minimum atomic E-state index is -0.806. The summed E-state index contributed by atoms with van der Waals surface area (Å²) in [4.78, 5) is 38.3. The molecule has 0 aliphatic carbocycles. The fourth-order valence-electron chi connectivity index (χ4n) is 3.05. The van der Waals surface area contributed by atoms with Crippen LogP contribution in [0.3, 0.4) is 0 Å². The van der Waals surface area contributed by atoms with Crippen LogP contribution in [0.5, 0.6) is 5.75 Å². The molecule has 4 rings (SSSR count). The van der Waals surface area contributed by atoms with E-state index in [1.807, 2.05) is 30.3 Å². The number of carbonyl (C=O) groups excluding carboxylic acids is 3. The molecule has 1 aliphatic heterocycles. The summed E-state index contributed by atoms with van der Waals surface area (Å²) < 4.78 is 5.75. The van der Waals surface area contributed by atoms with Crippen LogP contribution in [0.1, 0.15) is 11.1 Å². The molecule has 3 aromatic rings. The van der Waals surface area contributed by atoms with Crippen LogP contribution in [0.2, 0.25) is 5.02 Å². The Kier molecular flexibility index (Phi) is 5.82. The van der Waals surface area contributed by atoms with E-state index >= 15 is 0 Å². The van der Waals surface area contributed by atoms with Crippen molar-refractivity contribution in [3.63, 3.8) is 0 Å². The molecule has 154 valence electrons. The van der Waals surface area contributed by atoms with E-state index in [9.17, 15) is 14.4 Å². The van der Waals surface area contributed by atoms with E-state index in [0.29, 0.717) is 28.6 Å². The molecule has 3 aromatic carbocycles. The topological polar surface area (TPSA) is 75.7 Å². The lowest BCUT2D eigenvalue weighted by Crippen LogP contribution is -2.54. The maximum atomic E-state index is 12.9. The monoisotopic (exact) mass is 432 g/mol. The number of ether oxygens (including phenoxy) is 1. The maximum absolute atomic E-state index is 12.9. The van der Waals surface area contributed by atoms with E-state index in [4.69, 9.17) is 16.3 Å². The van der Waals surface area contributed by atoms with Gasteiger partial charge in [0, 0.05) is 5.02 Å².